The molecule has 0 amide bonds. The molecule has 4 heteroatoms. The second-order valence-corrected chi connectivity index (χ2v) is 5.31. The molecule has 0 unspecified atom stereocenters. The number of nitrogens with one attached hydrogen (secondary N) is 1. The van der Waals surface area contributed by atoms with Crippen LogP contribution >= 0.6 is 27.5 Å². The Morgan fingerprint density at radius 3 is 2.94 bits per heavy atom. The predicted octanol–water partition coefficient (Wildman–Crippen LogP) is 3.83. The number of pyridine rings is 1. The zero-order valence-corrected chi connectivity index (χ0v) is 12.2. The van der Waals surface area contributed by atoms with Crippen molar-refractivity contribution in [3.63, 3.8) is 0 Å². The average Bonchev–Trinajstić information content (AvgIpc) is 2.40. The van der Waals surface area contributed by atoms with Crippen LogP contribution in [0.4, 0.5) is 0 Å². The fourth-order valence-electron chi connectivity index (χ4n) is 1.68. The number of benzene rings is 1. The molecule has 1 aromatic carbocycles. The molecular weight excluding hydrogens is 312 g/mol. The molecule has 2 aromatic rings. The van der Waals surface area contributed by atoms with Gasteiger partial charge in [-0.25, -0.2) is 0 Å². The van der Waals surface area contributed by atoms with Crippen molar-refractivity contribution < 1.29 is 0 Å². The Morgan fingerprint density at radius 2 is 2.17 bits per heavy atom. The second-order valence-electron chi connectivity index (χ2n) is 4.02. The summed E-state index contributed by atoms with van der Waals surface area (Å²) in [6, 6.07) is 9.88. The highest BCUT2D eigenvalue weighted by Crippen LogP contribution is 2.20. The first-order chi connectivity index (χ1) is 8.75. The molecule has 0 radical (unpaired) electrons. The molecule has 0 saturated carbocycles. The quantitative estimate of drug-likeness (QED) is 0.845. The zero-order chi connectivity index (χ0) is 12.8. The van der Waals surface area contributed by atoms with Crippen molar-refractivity contribution >= 4 is 27.5 Å². The Balaban J connectivity index is 1.80. The van der Waals surface area contributed by atoms with Gasteiger partial charge in [-0.15, -0.1) is 0 Å². The molecular formula is C14H14BrClN2. The molecule has 0 aliphatic heterocycles. The van der Waals surface area contributed by atoms with Crippen molar-refractivity contribution in [3.05, 3.63) is 63.3 Å². The average molecular weight is 326 g/mol. The lowest BCUT2D eigenvalue weighted by Gasteiger charge is -2.07. The van der Waals surface area contributed by atoms with E-state index >= 15 is 0 Å². The lowest BCUT2D eigenvalue weighted by molar-refractivity contribution is 0.684. The first-order valence-electron chi connectivity index (χ1n) is 5.79. The first-order valence-corrected chi connectivity index (χ1v) is 6.96. The standard InChI is InChI=1S/C14H14BrClN2/c15-14-4-3-13(16)8-12(14)10-18-7-5-11-2-1-6-17-9-11/h1-4,6,8-9,18H,5,7,10H2. The van der Waals surface area contributed by atoms with Crippen molar-refractivity contribution in [1.29, 1.82) is 0 Å². The topological polar surface area (TPSA) is 24.9 Å². The van der Waals surface area contributed by atoms with Gasteiger partial charge in [0.2, 0.25) is 0 Å². The highest BCUT2D eigenvalue weighted by molar-refractivity contribution is 9.10. The van der Waals surface area contributed by atoms with E-state index in [2.05, 4.69) is 32.3 Å². The monoisotopic (exact) mass is 324 g/mol. The number of hydrogen-bond donors (Lipinski definition) is 1. The van der Waals surface area contributed by atoms with E-state index in [-0.39, 0.29) is 0 Å². The van der Waals surface area contributed by atoms with Crippen LogP contribution in [0.2, 0.25) is 5.02 Å². The lowest BCUT2D eigenvalue weighted by atomic mass is 10.2. The Hall–Kier alpha value is -0.900. The summed E-state index contributed by atoms with van der Waals surface area (Å²) >= 11 is 9.49. The van der Waals surface area contributed by atoms with Crippen LogP contribution in [0.5, 0.6) is 0 Å². The number of hydrogen-bond acceptors (Lipinski definition) is 2. The third-order valence-corrected chi connectivity index (χ3v) is 3.65. The number of nitrogens with zero attached hydrogens (tertiary/aromatic N) is 1. The van der Waals surface area contributed by atoms with E-state index in [1.54, 1.807) is 6.20 Å². The Labute approximate surface area is 121 Å². The molecule has 0 atom stereocenters. The van der Waals surface area contributed by atoms with E-state index in [0.717, 1.165) is 29.0 Å². The van der Waals surface area contributed by atoms with E-state index in [9.17, 15) is 0 Å². The maximum atomic E-state index is 5.97. The van der Waals surface area contributed by atoms with Crippen molar-refractivity contribution in [2.24, 2.45) is 0 Å². The molecule has 1 heterocycles. The van der Waals surface area contributed by atoms with Crippen LogP contribution in [0.1, 0.15) is 11.1 Å². The van der Waals surface area contributed by atoms with Crippen LogP contribution in [0.3, 0.4) is 0 Å². The molecule has 18 heavy (non-hydrogen) atoms. The summed E-state index contributed by atoms with van der Waals surface area (Å²) < 4.78 is 1.08. The predicted molar refractivity (Wildman–Crippen MR) is 78.8 cm³/mol. The van der Waals surface area contributed by atoms with Crippen LogP contribution in [0.15, 0.2) is 47.2 Å². The van der Waals surface area contributed by atoms with Gasteiger partial charge in [-0.2, -0.15) is 0 Å². The highest BCUT2D eigenvalue weighted by atomic mass is 79.9. The van der Waals surface area contributed by atoms with E-state index in [1.165, 1.54) is 11.1 Å². The molecule has 0 spiro atoms. The highest BCUT2D eigenvalue weighted by Gasteiger charge is 2.00. The van der Waals surface area contributed by atoms with E-state index < -0.39 is 0 Å². The van der Waals surface area contributed by atoms with E-state index in [1.807, 2.05) is 30.5 Å². The molecule has 1 aromatic heterocycles. The Bertz CT molecular complexity index is 502. The van der Waals surface area contributed by atoms with Crippen LogP contribution in [0, 0.1) is 0 Å². The summed E-state index contributed by atoms with van der Waals surface area (Å²) in [4.78, 5) is 4.09. The van der Waals surface area contributed by atoms with E-state index in [4.69, 9.17) is 11.6 Å². The Kier molecular flexibility index (Phi) is 5.17. The summed E-state index contributed by atoms with van der Waals surface area (Å²) in [6.07, 6.45) is 4.67. The van der Waals surface area contributed by atoms with Crippen LogP contribution in [-0.4, -0.2) is 11.5 Å². The van der Waals surface area contributed by atoms with Gasteiger partial charge in [-0.1, -0.05) is 33.6 Å². The van der Waals surface area contributed by atoms with E-state index in [0.29, 0.717) is 0 Å². The molecule has 0 fully saturated rings. The van der Waals surface area contributed by atoms with Gasteiger partial charge in [0.1, 0.15) is 0 Å². The maximum Gasteiger partial charge on any atom is 0.0410 e. The summed E-state index contributed by atoms with van der Waals surface area (Å²) in [7, 11) is 0. The van der Waals surface area contributed by atoms with Gasteiger partial charge in [0.25, 0.3) is 0 Å². The molecule has 2 nitrogen and oxygen atoms in total. The van der Waals surface area contributed by atoms with Gasteiger partial charge < -0.3 is 5.32 Å². The lowest BCUT2D eigenvalue weighted by Crippen LogP contribution is -2.17. The molecule has 0 aliphatic carbocycles. The van der Waals surface area contributed by atoms with Crippen LogP contribution in [0.25, 0.3) is 0 Å². The smallest absolute Gasteiger partial charge is 0.0410 e. The molecule has 2 rings (SSSR count). The summed E-state index contributed by atoms with van der Waals surface area (Å²) in [5.41, 5.74) is 2.42. The fraction of sp³-hybridized carbons (Fsp3) is 0.214. The Morgan fingerprint density at radius 1 is 1.28 bits per heavy atom. The number of rotatable bonds is 5. The van der Waals surface area contributed by atoms with Crippen molar-refractivity contribution in [1.82, 2.24) is 10.3 Å². The van der Waals surface area contributed by atoms with Crippen LogP contribution < -0.4 is 5.32 Å². The largest absolute Gasteiger partial charge is 0.312 e. The molecule has 1 N–H and O–H groups in total. The summed E-state index contributed by atoms with van der Waals surface area (Å²) in [6.45, 7) is 1.73. The van der Waals surface area contributed by atoms with Gasteiger partial charge in [0.05, 0.1) is 0 Å². The first kappa shape index (κ1) is 13.5. The van der Waals surface area contributed by atoms with Gasteiger partial charge in [0.15, 0.2) is 0 Å². The van der Waals surface area contributed by atoms with Gasteiger partial charge in [-0.05, 0) is 48.4 Å². The van der Waals surface area contributed by atoms with Gasteiger partial charge >= 0.3 is 0 Å². The SMILES string of the molecule is Clc1ccc(Br)c(CNCCc2cccnc2)c1. The minimum absolute atomic E-state index is 0.766. The fourth-order valence-corrected chi connectivity index (χ4v) is 2.26. The third kappa shape index (κ3) is 4.09. The van der Waals surface area contributed by atoms with Crippen molar-refractivity contribution in [2.75, 3.05) is 6.54 Å². The molecule has 0 bridgehead atoms. The van der Waals surface area contributed by atoms with Crippen molar-refractivity contribution in [3.8, 4) is 0 Å². The van der Waals surface area contributed by atoms with Gasteiger partial charge in [0, 0.05) is 28.4 Å². The molecule has 94 valence electrons. The summed E-state index contributed by atoms with van der Waals surface area (Å²) in [5, 5.41) is 4.17. The zero-order valence-electron chi connectivity index (χ0n) is 9.87. The van der Waals surface area contributed by atoms with Crippen molar-refractivity contribution in [2.45, 2.75) is 13.0 Å². The normalized spacial score (nSPS) is 10.6. The number of halogens is 2. The maximum absolute atomic E-state index is 5.97. The minimum Gasteiger partial charge on any atom is -0.312 e. The number of aromatic nitrogens is 1. The third-order valence-electron chi connectivity index (χ3n) is 2.64. The second kappa shape index (κ2) is 6.88. The minimum atomic E-state index is 0.766. The van der Waals surface area contributed by atoms with Crippen LogP contribution in [-0.2, 0) is 13.0 Å². The summed E-state index contributed by atoms with van der Waals surface area (Å²) in [5.74, 6) is 0. The molecule has 0 saturated heterocycles. The van der Waals surface area contributed by atoms with Gasteiger partial charge in [-0.3, -0.25) is 4.98 Å². The molecule has 0 aliphatic rings.